The van der Waals surface area contributed by atoms with Crippen molar-refractivity contribution in [1.29, 1.82) is 0 Å². The van der Waals surface area contributed by atoms with Crippen LogP contribution in [0.4, 0.5) is 0 Å². The number of amides is 2. The third kappa shape index (κ3) is 5.29. The Labute approximate surface area is 157 Å². The number of benzene rings is 1. The molecule has 0 aliphatic carbocycles. The Kier molecular flexibility index (Phi) is 6.60. The van der Waals surface area contributed by atoms with Gasteiger partial charge in [0.25, 0.3) is 5.91 Å². The molecule has 1 saturated heterocycles. The van der Waals surface area contributed by atoms with E-state index < -0.39 is 0 Å². The van der Waals surface area contributed by atoms with Crippen molar-refractivity contribution < 1.29 is 14.3 Å². The van der Waals surface area contributed by atoms with Crippen LogP contribution < -0.4 is 10.1 Å². The van der Waals surface area contributed by atoms with Crippen LogP contribution in [0.2, 0.25) is 0 Å². The van der Waals surface area contributed by atoms with Crippen molar-refractivity contribution in [3.63, 3.8) is 0 Å². The number of carbonyl (C=O) groups excluding carboxylic acids is 2. The first-order valence-corrected chi connectivity index (χ1v) is 9.82. The van der Waals surface area contributed by atoms with Gasteiger partial charge in [-0.05, 0) is 37.5 Å². The zero-order valence-corrected chi connectivity index (χ0v) is 15.5. The lowest BCUT2D eigenvalue weighted by molar-refractivity contribution is -0.131. The van der Waals surface area contributed by atoms with Gasteiger partial charge in [-0.3, -0.25) is 9.59 Å². The third-order valence-corrected chi connectivity index (χ3v) is 4.93. The molecule has 2 aromatic rings. The van der Waals surface area contributed by atoms with E-state index in [-0.39, 0.29) is 11.8 Å². The Morgan fingerprint density at radius 1 is 1.23 bits per heavy atom. The summed E-state index contributed by atoms with van der Waals surface area (Å²) in [6.07, 6.45) is 3.69. The normalized spacial score (nSPS) is 14.1. The van der Waals surface area contributed by atoms with E-state index in [0.717, 1.165) is 31.6 Å². The first-order chi connectivity index (χ1) is 12.7. The molecular weight excluding hydrogens is 350 g/mol. The molecule has 0 bridgehead atoms. The second kappa shape index (κ2) is 9.33. The van der Waals surface area contributed by atoms with Crippen LogP contribution in [0.25, 0.3) is 0 Å². The Morgan fingerprint density at radius 2 is 2.08 bits per heavy atom. The molecular formula is C19H23N3O3S. The third-order valence-electron chi connectivity index (χ3n) is 4.30. The molecule has 1 aromatic heterocycles. The maximum Gasteiger partial charge on any atom is 0.251 e. The van der Waals surface area contributed by atoms with Crippen LogP contribution in [0.5, 0.6) is 5.75 Å². The van der Waals surface area contributed by atoms with Crippen molar-refractivity contribution in [2.45, 2.75) is 32.3 Å². The summed E-state index contributed by atoms with van der Waals surface area (Å²) in [7, 11) is 0. The molecule has 0 atom stereocenters. The molecule has 1 fully saturated rings. The van der Waals surface area contributed by atoms with E-state index >= 15 is 0 Å². The number of hydrogen-bond acceptors (Lipinski definition) is 5. The summed E-state index contributed by atoms with van der Waals surface area (Å²) in [6.45, 7) is 2.40. The number of nitrogens with zero attached hydrogens (tertiary/aromatic N) is 2. The molecule has 1 aromatic carbocycles. The summed E-state index contributed by atoms with van der Waals surface area (Å²) in [4.78, 5) is 30.5. The fraction of sp³-hybridized carbons (Fsp3) is 0.421. The van der Waals surface area contributed by atoms with Gasteiger partial charge in [-0.2, -0.15) is 0 Å². The smallest absolute Gasteiger partial charge is 0.251 e. The number of nitrogens with one attached hydrogen (secondary N) is 1. The number of ether oxygens (including phenoxy) is 1. The second-order valence-corrected chi connectivity index (χ2v) is 6.96. The molecule has 6 nitrogen and oxygen atoms in total. The van der Waals surface area contributed by atoms with Crippen LogP contribution in [0.15, 0.2) is 35.2 Å². The molecule has 0 radical (unpaired) electrons. The summed E-state index contributed by atoms with van der Waals surface area (Å²) in [5.74, 6) is 0.538. The number of thiazole rings is 1. The lowest BCUT2D eigenvalue weighted by atomic mass is 10.1. The highest BCUT2D eigenvalue weighted by atomic mass is 32.1. The monoisotopic (exact) mass is 373 g/mol. The number of likely N-dealkylation sites (tertiary alicyclic amines) is 1. The zero-order valence-electron chi connectivity index (χ0n) is 14.6. The van der Waals surface area contributed by atoms with Gasteiger partial charge >= 0.3 is 0 Å². The molecule has 1 aliphatic rings. The van der Waals surface area contributed by atoms with Crippen LogP contribution >= 0.6 is 11.3 Å². The maximum absolute atomic E-state index is 12.3. The highest BCUT2D eigenvalue weighted by Crippen LogP contribution is 2.15. The number of aromatic nitrogens is 1. The lowest BCUT2D eigenvalue weighted by Crippen LogP contribution is -2.37. The van der Waals surface area contributed by atoms with E-state index in [1.165, 1.54) is 17.8 Å². The second-order valence-electron chi connectivity index (χ2n) is 6.24. The van der Waals surface area contributed by atoms with Crippen LogP contribution in [0, 0.1) is 0 Å². The van der Waals surface area contributed by atoms with Crippen molar-refractivity contribution in [2.24, 2.45) is 0 Å². The van der Waals surface area contributed by atoms with Gasteiger partial charge in [-0.15, -0.1) is 11.3 Å². The van der Waals surface area contributed by atoms with Gasteiger partial charge in [-0.25, -0.2) is 4.98 Å². The summed E-state index contributed by atoms with van der Waals surface area (Å²) < 4.78 is 5.67. The Balaban J connectivity index is 1.45. The fourth-order valence-corrected chi connectivity index (χ4v) is 3.42. The SMILES string of the molecule is O=C(NCCC(=O)N1CCCCC1)c1cccc(OCc2cscn2)c1. The van der Waals surface area contributed by atoms with Crippen LogP contribution in [-0.2, 0) is 11.4 Å². The van der Waals surface area contributed by atoms with Crippen molar-refractivity contribution >= 4 is 23.2 Å². The minimum absolute atomic E-state index is 0.116. The average molecular weight is 373 g/mol. The van der Waals surface area contributed by atoms with Gasteiger partial charge in [0.15, 0.2) is 0 Å². The van der Waals surface area contributed by atoms with Crippen molar-refractivity contribution in [1.82, 2.24) is 15.2 Å². The largest absolute Gasteiger partial charge is 0.487 e. The summed E-state index contributed by atoms with van der Waals surface area (Å²) >= 11 is 1.52. The number of hydrogen-bond donors (Lipinski definition) is 1. The first kappa shape index (κ1) is 18.4. The highest BCUT2D eigenvalue weighted by molar-refractivity contribution is 7.07. The van der Waals surface area contributed by atoms with E-state index in [4.69, 9.17) is 4.74 Å². The molecule has 3 rings (SSSR count). The zero-order chi connectivity index (χ0) is 18.2. The van der Waals surface area contributed by atoms with Gasteiger partial charge in [0, 0.05) is 37.0 Å². The fourth-order valence-electron chi connectivity index (χ4n) is 2.88. The Bertz CT molecular complexity index is 727. The van der Waals surface area contributed by atoms with E-state index in [0.29, 0.717) is 30.9 Å². The molecule has 0 saturated carbocycles. The average Bonchev–Trinajstić information content (AvgIpc) is 3.21. The molecule has 138 valence electrons. The van der Waals surface area contributed by atoms with Crippen LogP contribution in [-0.4, -0.2) is 41.3 Å². The van der Waals surface area contributed by atoms with Crippen molar-refractivity contribution in [2.75, 3.05) is 19.6 Å². The first-order valence-electron chi connectivity index (χ1n) is 8.88. The van der Waals surface area contributed by atoms with Crippen molar-refractivity contribution in [3.8, 4) is 5.75 Å². The summed E-state index contributed by atoms with van der Waals surface area (Å²) in [5.41, 5.74) is 3.14. The van der Waals surface area contributed by atoms with Gasteiger partial charge < -0.3 is 15.0 Å². The van der Waals surface area contributed by atoms with E-state index in [2.05, 4.69) is 10.3 Å². The Morgan fingerprint density at radius 3 is 2.85 bits per heavy atom. The molecule has 0 spiro atoms. The quantitative estimate of drug-likeness (QED) is 0.810. The summed E-state index contributed by atoms with van der Waals surface area (Å²) in [6, 6.07) is 7.03. The molecule has 7 heteroatoms. The summed E-state index contributed by atoms with van der Waals surface area (Å²) in [5, 5.41) is 4.74. The predicted octanol–water partition coefficient (Wildman–Crippen LogP) is 2.85. The number of carbonyl (C=O) groups is 2. The van der Waals surface area contributed by atoms with Gasteiger partial charge in [0.1, 0.15) is 12.4 Å². The highest BCUT2D eigenvalue weighted by Gasteiger charge is 2.16. The van der Waals surface area contributed by atoms with Gasteiger partial charge in [0.2, 0.25) is 5.91 Å². The van der Waals surface area contributed by atoms with Crippen LogP contribution in [0.3, 0.4) is 0 Å². The maximum atomic E-state index is 12.3. The molecule has 1 N–H and O–H groups in total. The van der Waals surface area contributed by atoms with Crippen LogP contribution in [0.1, 0.15) is 41.7 Å². The van der Waals surface area contributed by atoms with E-state index in [9.17, 15) is 9.59 Å². The van der Waals surface area contributed by atoms with E-state index in [1.807, 2.05) is 16.3 Å². The van der Waals surface area contributed by atoms with Crippen molar-refractivity contribution in [3.05, 3.63) is 46.4 Å². The molecule has 26 heavy (non-hydrogen) atoms. The molecule has 0 unspecified atom stereocenters. The van der Waals surface area contributed by atoms with Gasteiger partial charge in [-0.1, -0.05) is 6.07 Å². The predicted molar refractivity (Wildman–Crippen MR) is 100 cm³/mol. The minimum Gasteiger partial charge on any atom is -0.487 e. The van der Waals surface area contributed by atoms with E-state index in [1.54, 1.807) is 23.7 Å². The number of rotatable bonds is 7. The standard InChI is InChI=1S/C19H23N3O3S/c23-18(22-9-2-1-3-10-22)7-8-20-19(24)15-5-4-6-17(11-15)25-12-16-13-26-14-21-16/h4-6,11,13-14H,1-3,7-10,12H2,(H,20,24). The number of piperidine rings is 1. The van der Waals surface area contributed by atoms with Gasteiger partial charge in [0.05, 0.1) is 11.2 Å². The minimum atomic E-state index is -0.199. The topological polar surface area (TPSA) is 71.5 Å². The lowest BCUT2D eigenvalue weighted by Gasteiger charge is -2.26. The molecule has 2 heterocycles. The Hall–Kier alpha value is -2.41. The molecule has 2 amide bonds. The molecule has 1 aliphatic heterocycles.